The first-order chi connectivity index (χ1) is 14.0. The van der Waals surface area contributed by atoms with E-state index in [4.69, 9.17) is 4.74 Å². The summed E-state index contributed by atoms with van der Waals surface area (Å²) in [7, 11) is -3.72. The van der Waals surface area contributed by atoms with Crippen LogP contribution in [0.3, 0.4) is 0 Å². The Hall–Kier alpha value is -3.39. The summed E-state index contributed by atoms with van der Waals surface area (Å²) in [5.41, 5.74) is 2.26. The lowest BCUT2D eigenvalue weighted by molar-refractivity contribution is 0.251. The number of nitrogens with zero attached hydrogens (tertiary/aromatic N) is 1. The van der Waals surface area contributed by atoms with Crippen molar-refractivity contribution in [3.05, 3.63) is 78.1 Å². The highest BCUT2D eigenvalue weighted by Crippen LogP contribution is 2.35. The largest absolute Gasteiger partial charge is 0.492 e. The molecule has 1 aliphatic rings. The second kappa shape index (κ2) is 7.92. The van der Waals surface area contributed by atoms with Gasteiger partial charge in [-0.3, -0.25) is 4.98 Å². The van der Waals surface area contributed by atoms with E-state index in [1.807, 2.05) is 12.1 Å². The molecule has 1 aliphatic heterocycles. The number of rotatable bonds is 5. The molecule has 2 amide bonds. The van der Waals surface area contributed by atoms with Crippen LogP contribution in [0, 0.1) is 0 Å². The molecule has 0 bridgehead atoms. The average Bonchev–Trinajstić information content (AvgIpc) is 3.22. The van der Waals surface area contributed by atoms with Gasteiger partial charge in [-0.25, -0.2) is 13.2 Å². The van der Waals surface area contributed by atoms with Gasteiger partial charge in [-0.05, 0) is 47.5 Å². The third-order valence-electron chi connectivity index (χ3n) is 4.57. The smallest absolute Gasteiger partial charge is 0.319 e. The molecular formula is C21H19N3O4S. The molecule has 0 saturated heterocycles. The highest BCUT2D eigenvalue weighted by Gasteiger charge is 2.26. The predicted molar refractivity (Wildman–Crippen MR) is 108 cm³/mol. The van der Waals surface area contributed by atoms with E-state index in [0.717, 1.165) is 11.1 Å². The highest BCUT2D eigenvalue weighted by molar-refractivity contribution is 7.91. The van der Waals surface area contributed by atoms with E-state index in [2.05, 4.69) is 15.6 Å². The van der Waals surface area contributed by atoms with E-state index in [-0.39, 0.29) is 9.79 Å². The first-order valence-corrected chi connectivity index (χ1v) is 10.6. The summed E-state index contributed by atoms with van der Waals surface area (Å²) in [5.74, 6) is 0.435. The third kappa shape index (κ3) is 4.07. The van der Waals surface area contributed by atoms with Gasteiger partial charge < -0.3 is 15.4 Å². The Bertz CT molecular complexity index is 1130. The van der Waals surface area contributed by atoms with Gasteiger partial charge in [0.15, 0.2) is 0 Å². The summed E-state index contributed by atoms with van der Waals surface area (Å²) >= 11 is 0. The summed E-state index contributed by atoms with van der Waals surface area (Å²) in [6, 6.07) is 14.5. The number of nitrogens with one attached hydrogen (secondary N) is 2. The van der Waals surface area contributed by atoms with Gasteiger partial charge in [-0.1, -0.05) is 18.2 Å². The fraction of sp³-hybridized carbons (Fsp3) is 0.143. The molecule has 7 nitrogen and oxygen atoms in total. The van der Waals surface area contributed by atoms with Crippen LogP contribution in [0.4, 0.5) is 10.5 Å². The number of hydrogen-bond donors (Lipinski definition) is 2. The van der Waals surface area contributed by atoms with Crippen molar-refractivity contribution in [2.45, 2.75) is 22.8 Å². The van der Waals surface area contributed by atoms with Gasteiger partial charge in [0.2, 0.25) is 9.84 Å². The number of pyridine rings is 1. The Labute approximate surface area is 168 Å². The Balaban J connectivity index is 1.45. The number of fused-ring (bicyclic) bond motifs is 1. The molecule has 29 heavy (non-hydrogen) atoms. The number of hydrogen-bond acceptors (Lipinski definition) is 5. The van der Waals surface area contributed by atoms with Gasteiger partial charge in [0, 0.05) is 31.0 Å². The lowest BCUT2D eigenvalue weighted by Gasteiger charge is -2.11. The number of amides is 2. The number of urea groups is 1. The minimum atomic E-state index is -3.72. The number of sulfone groups is 1. The SMILES string of the molecule is O=C(NCc1cccnc1)Nc1ccc(S(=O)(=O)c2cccc3c2OCC3)cc1. The number of benzene rings is 2. The van der Waals surface area contributed by atoms with Gasteiger partial charge in [-0.15, -0.1) is 0 Å². The van der Waals surface area contributed by atoms with E-state index in [1.54, 1.807) is 42.7 Å². The van der Waals surface area contributed by atoms with E-state index in [9.17, 15) is 13.2 Å². The Morgan fingerprint density at radius 1 is 1.07 bits per heavy atom. The number of carbonyl (C=O) groups excluding carboxylic acids is 1. The van der Waals surface area contributed by atoms with Crippen molar-refractivity contribution in [3.8, 4) is 5.75 Å². The van der Waals surface area contributed by atoms with Crippen molar-refractivity contribution < 1.29 is 17.9 Å². The van der Waals surface area contributed by atoms with Gasteiger partial charge >= 0.3 is 6.03 Å². The monoisotopic (exact) mass is 409 g/mol. The zero-order valence-corrected chi connectivity index (χ0v) is 16.3. The van der Waals surface area contributed by atoms with Crippen molar-refractivity contribution in [1.82, 2.24) is 10.3 Å². The number of anilines is 1. The number of ether oxygens (including phenoxy) is 1. The molecule has 2 heterocycles. The van der Waals surface area contributed by atoms with Gasteiger partial charge in [0.05, 0.1) is 11.5 Å². The lowest BCUT2D eigenvalue weighted by atomic mass is 10.2. The van der Waals surface area contributed by atoms with Crippen molar-refractivity contribution in [3.63, 3.8) is 0 Å². The first kappa shape index (κ1) is 18.9. The molecular weight excluding hydrogens is 390 g/mol. The van der Waals surface area contributed by atoms with Crippen LogP contribution < -0.4 is 15.4 Å². The summed E-state index contributed by atoms with van der Waals surface area (Å²) in [5, 5.41) is 5.40. The molecule has 8 heteroatoms. The maximum atomic E-state index is 13.0. The molecule has 0 saturated carbocycles. The minimum absolute atomic E-state index is 0.141. The summed E-state index contributed by atoms with van der Waals surface area (Å²) in [6.07, 6.45) is 4.04. The molecule has 0 aliphatic carbocycles. The topological polar surface area (TPSA) is 97.4 Å². The van der Waals surface area contributed by atoms with Gasteiger partial charge in [0.1, 0.15) is 10.6 Å². The Morgan fingerprint density at radius 2 is 1.90 bits per heavy atom. The fourth-order valence-corrected chi connectivity index (χ4v) is 4.54. The fourth-order valence-electron chi connectivity index (χ4n) is 3.10. The van der Waals surface area contributed by atoms with Crippen LogP contribution in [0.5, 0.6) is 5.75 Å². The van der Waals surface area contributed by atoms with Crippen molar-refractivity contribution >= 4 is 21.6 Å². The molecule has 2 aromatic carbocycles. The lowest BCUT2D eigenvalue weighted by Crippen LogP contribution is -2.28. The molecule has 3 aromatic rings. The number of carbonyl (C=O) groups is 1. The second-order valence-electron chi connectivity index (χ2n) is 6.54. The van der Waals surface area contributed by atoms with E-state index in [1.165, 1.54) is 12.1 Å². The standard InChI is InChI=1S/C21H19N3O4S/c25-21(23-14-15-3-2-11-22-13-15)24-17-6-8-18(9-7-17)29(26,27)19-5-1-4-16-10-12-28-20(16)19/h1-9,11,13H,10,12,14H2,(H2,23,24,25). The predicted octanol–water partition coefficient (Wildman–Crippen LogP) is 3.17. The molecule has 0 spiro atoms. The highest BCUT2D eigenvalue weighted by atomic mass is 32.2. The maximum Gasteiger partial charge on any atom is 0.319 e. The molecule has 0 fully saturated rings. The van der Waals surface area contributed by atoms with Crippen molar-refractivity contribution in [2.24, 2.45) is 0 Å². The minimum Gasteiger partial charge on any atom is -0.492 e. The van der Waals surface area contributed by atoms with Crippen LogP contribution in [-0.2, 0) is 22.8 Å². The van der Waals surface area contributed by atoms with Crippen LogP contribution >= 0.6 is 0 Å². The molecule has 2 N–H and O–H groups in total. The maximum absolute atomic E-state index is 13.0. The number of para-hydroxylation sites is 1. The molecule has 0 radical (unpaired) electrons. The molecule has 0 atom stereocenters. The Kier molecular flexibility index (Phi) is 5.18. The molecule has 4 rings (SSSR count). The molecule has 148 valence electrons. The van der Waals surface area contributed by atoms with Crippen molar-refractivity contribution in [1.29, 1.82) is 0 Å². The van der Waals surface area contributed by atoms with E-state index < -0.39 is 15.9 Å². The second-order valence-corrected chi connectivity index (χ2v) is 8.46. The first-order valence-electron chi connectivity index (χ1n) is 9.07. The summed E-state index contributed by atoms with van der Waals surface area (Å²) in [4.78, 5) is 16.3. The molecule has 0 unspecified atom stereocenters. The van der Waals surface area contributed by atoms with Crippen molar-refractivity contribution in [2.75, 3.05) is 11.9 Å². The van der Waals surface area contributed by atoms with Gasteiger partial charge in [0.25, 0.3) is 0 Å². The van der Waals surface area contributed by atoms with E-state index >= 15 is 0 Å². The molecule has 1 aromatic heterocycles. The van der Waals surface area contributed by atoms with Crippen LogP contribution in [-0.4, -0.2) is 26.0 Å². The van der Waals surface area contributed by atoms with Crippen LogP contribution in [0.25, 0.3) is 0 Å². The normalized spacial score (nSPS) is 12.7. The summed E-state index contributed by atoms with van der Waals surface area (Å²) in [6.45, 7) is 0.824. The quantitative estimate of drug-likeness (QED) is 0.675. The Morgan fingerprint density at radius 3 is 2.66 bits per heavy atom. The average molecular weight is 409 g/mol. The van der Waals surface area contributed by atoms with Crippen LogP contribution in [0.15, 0.2) is 76.8 Å². The van der Waals surface area contributed by atoms with Gasteiger partial charge in [-0.2, -0.15) is 0 Å². The zero-order valence-electron chi connectivity index (χ0n) is 15.5. The van der Waals surface area contributed by atoms with Crippen LogP contribution in [0.1, 0.15) is 11.1 Å². The van der Waals surface area contributed by atoms with E-state index in [0.29, 0.717) is 31.0 Å². The summed E-state index contributed by atoms with van der Waals surface area (Å²) < 4.78 is 31.5. The number of aromatic nitrogens is 1. The zero-order chi connectivity index (χ0) is 20.3. The van der Waals surface area contributed by atoms with Crippen LogP contribution in [0.2, 0.25) is 0 Å². The third-order valence-corrected chi connectivity index (χ3v) is 6.36.